The van der Waals surface area contributed by atoms with E-state index in [1.165, 1.54) is 6.08 Å². The number of hydrogen-bond acceptors (Lipinski definition) is 3. The van der Waals surface area contributed by atoms with Gasteiger partial charge in [-0.15, -0.1) is 0 Å². The molecule has 2 aliphatic rings. The van der Waals surface area contributed by atoms with Gasteiger partial charge in [-0.25, -0.2) is 0 Å². The van der Waals surface area contributed by atoms with Gasteiger partial charge in [-0.2, -0.15) is 0 Å². The Bertz CT molecular complexity index is 714. The molecule has 6 heteroatoms. The zero-order valence-electron chi connectivity index (χ0n) is 15.0. The van der Waals surface area contributed by atoms with Crippen molar-refractivity contribution in [3.8, 4) is 0 Å². The summed E-state index contributed by atoms with van der Waals surface area (Å²) in [5, 5.41) is 5.82. The Morgan fingerprint density at radius 1 is 1.15 bits per heavy atom. The fourth-order valence-electron chi connectivity index (χ4n) is 4.06. The minimum absolute atomic E-state index is 0.103. The maximum absolute atomic E-state index is 12.6. The molecular weight excluding hydrogens is 330 g/mol. The number of nitrogens with one attached hydrogen (secondary N) is 2. The van der Waals surface area contributed by atoms with E-state index in [1.807, 2.05) is 4.90 Å². The molecule has 3 atom stereocenters. The Hall–Kier alpha value is -2.63. The average molecular weight is 355 g/mol. The van der Waals surface area contributed by atoms with Gasteiger partial charge >= 0.3 is 0 Å². The van der Waals surface area contributed by atoms with Crippen molar-refractivity contribution in [2.24, 2.45) is 11.8 Å². The molecule has 1 aliphatic carbocycles. The molecule has 3 unspecified atom stereocenters. The van der Waals surface area contributed by atoms with E-state index in [0.29, 0.717) is 23.1 Å². The second-order valence-electron chi connectivity index (χ2n) is 7.13. The third kappa shape index (κ3) is 3.95. The number of fused-ring (bicyclic) bond motifs is 1. The van der Waals surface area contributed by atoms with Crippen molar-refractivity contribution in [3.63, 3.8) is 0 Å². The van der Waals surface area contributed by atoms with Crippen molar-refractivity contribution < 1.29 is 14.4 Å². The highest BCUT2D eigenvalue weighted by molar-refractivity contribution is 5.99. The molecule has 6 nitrogen and oxygen atoms in total. The monoisotopic (exact) mass is 355 g/mol. The Balaban J connectivity index is 1.63. The van der Waals surface area contributed by atoms with Crippen molar-refractivity contribution in [3.05, 3.63) is 42.5 Å². The number of amides is 3. The predicted octanol–water partition coefficient (Wildman–Crippen LogP) is 2.19. The van der Waals surface area contributed by atoms with Gasteiger partial charge in [0.05, 0.1) is 0 Å². The first-order valence-corrected chi connectivity index (χ1v) is 9.08. The zero-order valence-corrected chi connectivity index (χ0v) is 15.0. The molecular formula is C20H25N3O3. The maximum Gasteiger partial charge on any atom is 0.251 e. The van der Waals surface area contributed by atoms with Crippen LogP contribution in [0.4, 0.5) is 5.69 Å². The summed E-state index contributed by atoms with van der Waals surface area (Å²) in [7, 11) is 0. The summed E-state index contributed by atoms with van der Waals surface area (Å²) < 4.78 is 0. The number of carbonyl (C=O) groups is 3. The third-order valence-corrected chi connectivity index (χ3v) is 5.46. The van der Waals surface area contributed by atoms with Crippen molar-refractivity contribution in [1.82, 2.24) is 10.2 Å². The number of benzene rings is 1. The molecule has 1 saturated carbocycles. The van der Waals surface area contributed by atoms with Gasteiger partial charge in [0.25, 0.3) is 5.91 Å². The molecule has 0 bridgehead atoms. The highest BCUT2D eigenvalue weighted by Gasteiger charge is 2.41. The lowest BCUT2D eigenvalue weighted by Crippen LogP contribution is -2.45. The molecule has 3 amide bonds. The summed E-state index contributed by atoms with van der Waals surface area (Å²) in [4.78, 5) is 37.5. The first-order chi connectivity index (χ1) is 12.5. The van der Waals surface area contributed by atoms with Gasteiger partial charge in [-0.1, -0.05) is 13.0 Å². The summed E-state index contributed by atoms with van der Waals surface area (Å²) in [5.74, 6) is 0.532. The van der Waals surface area contributed by atoms with E-state index in [-0.39, 0.29) is 23.8 Å². The average Bonchev–Trinajstić information content (AvgIpc) is 3.08. The van der Waals surface area contributed by atoms with Crippen LogP contribution in [0.2, 0.25) is 0 Å². The van der Waals surface area contributed by atoms with Crippen LogP contribution in [0.15, 0.2) is 36.9 Å². The van der Waals surface area contributed by atoms with E-state index in [2.05, 4.69) is 17.2 Å². The lowest BCUT2D eigenvalue weighted by Gasteiger charge is -2.33. The predicted molar refractivity (Wildman–Crippen MR) is 99.6 cm³/mol. The standard InChI is InChI=1S/C20H25N3O3/c1-3-19(25)21-16-9-7-14(8-10-16)20(26)22-18-6-4-5-15-11-23(13(2)24)12-17(15)18/h3,7-10,15,17-18H,1,4-6,11-12H2,2H3,(H,21,25)(H,22,26). The van der Waals surface area contributed by atoms with E-state index in [4.69, 9.17) is 0 Å². The molecule has 1 aromatic rings. The van der Waals surface area contributed by atoms with E-state index in [1.54, 1.807) is 31.2 Å². The van der Waals surface area contributed by atoms with Gasteiger partial charge < -0.3 is 15.5 Å². The minimum atomic E-state index is -0.285. The number of carbonyl (C=O) groups excluding carboxylic acids is 3. The molecule has 2 fully saturated rings. The maximum atomic E-state index is 12.6. The van der Waals surface area contributed by atoms with Gasteiger partial charge in [-0.3, -0.25) is 14.4 Å². The minimum Gasteiger partial charge on any atom is -0.349 e. The molecule has 0 radical (unpaired) electrons. The fourth-order valence-corrected chi connectivity index (χ4v) is 4.06. The number of rotatable bonds is 4. The quantitative estimate of drug-likeness (QED) is 0.813. The van der Waals surface area contributed by atoms with Crippen LogP contribution in [-0.2, 0) is 9.59 Å². The van der Waals surface area contributed by atoms with E-state index < -0.39 is 0 Å². The SMILES string of the molecule is C=CC(=O)Nc1ccc(C(=O)NC2CCCC3CN(C(C)=O)CC32)cc1. The Labute approximate surface area is 153 Å². The summed E-state index contributed by atoms with van der Waals surface area (Å²) in [6.45, 7) is 6.56. The molecule has 1 aromatic carbocycles. The molecule has 138 valence electrons. The largest absolute Gasteiger partial charge is 0.349 e. The Morgan fingerprint density at radius 2 is 1.88 bits per heavy atom. The lowest BCUT2D eigenvalue weighted by atomic mass is 9.78. The highest BCUT2D eigenvalue weighted by Crippen LogP contribution is 2.36. The molecule has 0 spiro atoms. The zero-order chi connectivity index (χ0) is 18.7. The molecule has 26 heavy (non-hydrogen) atoms. The van der Waals surface area contributed by atoms with Crippen LogP contribution in [0.1, 0.15) is 36.5 Å². The first kappa shape index (κ1) is 18.2. The van der Waals surface area contributed by atoms with Crippen LogP contribution in [0, 0.1) is 11.8 Å². The summed E-state index contributed by atoms with van der Waals surface area (Å²) >= 11 is 0. The van der Waals surface area contributed by atoms with Gasteiger partial charge in [0.1, 0.15) is 0 Å². The molecule has 1 aliphatic heterocycles. The summed E-state index contributed by atoms with van der Waals surface area (Å²) in [5.41, 5.74) is 1.18. The van der Waals surface area contributed by atoms with Gasteiger partial charge in [-0.05, 0) is 49.1 Å². The van der Waals surface area contributed by atoms with Crippen LogP contribution in [0.5, 0.6) is 0 Å². The molecule has 2 N–H and O–H groups in total. The Morgan fingerprint density at radius 3 is 2.54 bits per heavy atom. The highest BCUT2D eigenvalue weighted by atomic mass is 16.2. The van der Waals surface area contributed by atoms with Crippen molar-refractivity contribution >= 4 is 23.4 Å². The van der Waals surface area contributed by atoms with E-state index in [0.717, 1.165) is 32.4 Å². The van der Waals surface area contributed by atoms with E-state index in [9.17, 15) is 14.4 Å². The van der Waals surface area contributed by atoms with Crippen LogP contribution >= 0.6 is 0 Å². The Kier molecular flexibility index (Phi) is 5.40. The summed E-state index contributed by atoms with van der Waals surface area (Å²) in [6, 6.07) is 6.90. The second-order valence-corrected chi connectivity index (χ2v) is 7.13. The van der Waals surface area contributed by atoms with Crippen molar-refractivity contribution in [1.29, 1.82) is 0 Å². The lowest BCUT2D eigenvalue weighted by molar-refractivity contribution is -0.128. The molecule has 3 rings (SSSR count). The number of hydrogen-bond donors (Lipinski definition) is 2. The van der Waals surface area contributed by atoms with Crippen LogP contribution in [0.25, 0.3) is 0 Å². The van der Waals surface area contributed by atoms with Gasteiger partial charge in [0, 0.05) is 43.2 Å². The van der Waals surface area contributed by atoms with Crippen LogP contribution < -0.4 is 10.6 Å². The number of anilines is 1. The topological polar surface area (TPSA) is 78.5 Å². The number of nitrogens with zero attached hydrogens (tertiary/aromatic N) is 1. The molecule has 0 aromatic heterocycles. The molecule has 1 heterocycles. The second kappa shape index (κ2) is 7.72. The van der Waals surface area contributed by atoms with Crippen molar-refractivity contribution in [2.45, 2.75) is 32.2 Å². The fraction of sp³-hybridized carbons (Fsp3) is 0.450. The number of likely N-dealkylation sites (tertiary alicyclic amines) is 1. The van der Waals surface area contributed by atoms with E-state index >= 15 is 0 Å². The summed E-state index contributed by atoms with van der Waals surface area (Å²) in [6.07, 6.45) is 4.35. The van der Waals surface area contributed by atoms with Gasteiger partial charge in [0.15, 0.2) is 0 Å². The van der Waals surface area contributed by atoms with Crippen LogP contribution in [-0.4, -0.2) is 41.8 Å². The van der Waals surface area contributed by atoms with Gasteiger partial charge in [0.2, 0.25) is 11.8 Å². The first-order valence-electron chi connectivity index (χ1n) is 9.08. The smallest absolute Gasteiger partial charge is 0.251 e. The van der Waals surface area contributed by atoms with Crippen LogP contribution in [0.3, 0.4) is 0 Å². The normalized spacial score (nSPS) is 24.5. The molecule has 1 saturated heterocycles. The third-order valence-electron chi connectivity index (χ3n) is 5.46. The van der Waals surface area contributed by atoms with Crippen molar-refractivity contribution in [2.75, 3.05) is 18.4 Å².